The first-order valence-corrected chi connectivity index (χ1v) is 18.4. The summed E-state index contributed by atoms with van der Waals surface area (Å²) in [6, 6.07) is 24.7. The Labute approximate surface area is 299 Å². The summed E-state index contributed by atoms with van der Waals surface area (Å²) in [4.78, 5) is 36.3. The minimum absolute atomic E-state index is 0.0144. The Bertz CT molecular complexity index is 1960. The van der Waals surface area contributed by atoms with Crippen LogP contribution in [-0.4, -0.2) is 79.7 Å². The predicted molar refractivity (Wildman–Crippen MR) is 198 cm³/mol. The van der Waals surface area contributed by atoms with E-state index in [-0.39, 0.29) is 30.1 Å². The number of aromatic nitrogens is 1. The highest BCUT2D eigenvalue weighted by atomic mass is 16.5. The number of benzene rings is 3. The molecule has 0 radical (unpaired) electrons. The maximum atomic E-state index is 12.5. The molecule has 10 nitrogen and oxygen atoms in total. The predicted octanol–water partition coefficient (Wildman–Crippen LogP) is 5.00. The molecule has 4 aliphatic rings. The second-order valence-electron chi connectivity index (χ2n) is 14.5. The van der Waals surface area contributed by atoms with Gasteiger partial charge in [0.1, 0.15) is 24.2 Å². The molecule has 10 heteroatoms. The van der Waals surface area contributed by atoms with Crippen molar-refractivity contribution < 1.29 is 14.3 Å². The number of fused-ring (bicyclic) bond motifs is 2. The molecular formula is C41H45N7O3. The molecule has 1 aliphatic carbocycles. The first-order chi connectivity index (χ1) is 25.0. The molecule has 3 fully saturated rings. The number of pyridine rings is 1. The Morgan fingerprint density at radius 1 is 0.961 bits per heavy atom. The maximum Gasteiger partial charge on any atom is 0.248 e. The largest absolute Gasteiger partial charge is 0.488 e. The first kappa shape index (κ1) is 33.2. The van der Waals surface area contributed by atoms with Crippen LogP contribution in [0.2, 0.25) is 0 Å². The van der Waals surface area contributed by atoms with Crippen LogP contribution in [0.5, 0.6) is 5.75 Å². The van der Waals surface area contributed by atoms with Gasteiger partial charge in [-0.3, -0.25) is 14.7 Å². The Morgan fingerprint density at radius 2 is 1.78 bits per heavy atom. The molecule has 51 heavy (non-hydrogen) atoms. The van der Waals surface area contributed by atoms with Gasteiger partial charge in [-0.25, -0.2) is 0 Å². The summed E-state index contributed by atoms with van der Waals surface area (Å²) in [7, 11) is 0. The van der Waals surface area contributed by atoms with Crippen LogP contribution in [-0.2, 0) is 11.2 Å². The number of nitrogens with one attached hydrogen (secondary N) is 1. The van der Waals surface area contributed by atoms with E-state index < -0.39 is 5.91 Å². The van der Waals surface area contributed by atoms with Crippen molar-refractivity contribution in [1.29, 1.82) is 5.26 Å². The molecule has 262 valence electrons. The van der Waals surface area contributed by atoms with E-state index in [0.717, 1.165) is 106 Å². The normalized spacial score (nSPS) is 24.2. The number of primary amides is 1. The van der Waals surface area contributed by atoms with Crippen LogP contribution in [0.15, 0.2) is 72.9 Å². The number of nitriles is 1. The number of carbonyl (C=O) groups excluding carboxylic acids is 2. The summed E-state index contributed by atoms with van der Waals surface area (Å²) < 4.78 is 7.12. The second kappa shape index (κ2) is 14.3. The van der Waals surface area contributed by atoms with Crippen molar-refractivity contribution in [3.05, 3.63) is 95.2 Å². The third kappa shape index (κ3) is 6.41. The van der Waals surface area contributed by atoms with Crippen LogP contribution < -0.4 is 25.6 Å². The first-order valence-electron chi connectivity index (χ1n) is 18.4. The van der Waals surface area contributed by atoms with Gasteiger partial charge in [0.15, 0.2) is 0 Å². The molecule has 3 aromatic carbocycles. The third-order valence-electron chi connectivity index (χ3n) is 11.6. The fourth-order valence-corrected chi connectivity index (χ4v) is 9.01. The van der Waals surface area contributed by atoms with Crippen molar-refractivity contribution in [3.63, 3.8) is 0 Å². The number of para-hydroxylation sites is 1. The number of nitrogens with two attached hydrogens (primary N) is 1. The van der Waals surface area contributed by atoms with Crippen LogP contribution in [0.3, 0.4) is 0 Å². The van der Waals surface area contributed by atoms with E-state index in [1.54, 1.807) is 6.20 Å². The van der Waals surface area contributed by atoms with E-state index in [1.807, 2.05) is 36.4 Å². The van der Waals surface area contributed by atoms with Crippen LogP contribution in [0.1, 0.15) is 65.1 Å². The fraction of sp³-hybridized carbons (Fsp3) is 0.415. The molecule has 3 N–H and O–H groups in total. The van der Waals surface area contributed by atoms with Crippen molar-refractivity contribution in [2.24, 2.45) is 11.7 Å². The zero-order valence-electron chi connectivity index (χ0n) is 28.9. The SMILES string of the molecule is N#Cc1ccc(OC2CCC(c3cc(C(N)=O)ccc3N3CCC(C=O)CC3)CC2N2c3ccccc3CC2N2CCNCC2)c2cccnc12. The van der Waals surface area contributed by atoms with E-state index in [2.05, 4.69) is 61.4 Å². The van der Waals surface area contributed by atoms with Gasteiger partial charge in [-0.05, 0) is 97.7 Å². The van der Waals surface area contributed by atoms with Gasteiger partial charge in [0.05, 0.1) is 23.3 Å². The lowest BCUT2D eigenvalue weighted by Crippen LogP contribution is -2.60. The molecule has 4 atom stereocenters. The number of piperidine rings is 1. The number of hydrogen-bond acceptors (Lipinski definition) is 9. The lowest BCUT2D eigenvalue weighted by molar-refractivity contribution is -0.111. The standard InChI is InChI=1S/C41H45N7O3/c42-25-31-9-11-37(32-5-3-15-45-40(31)32)51-38-12-8-28(33-22-30(41(43)50)7-10-35(33)46-18-13-27(26-49)14-19-46)23-36(38)48-34-6-2-1-4-29(34)24-39(48)47-20-16-44-17-21-47/h1-7,9-11,15,22,26-28,36,38-39,44H,8,12-14,16-21,23-24H2,(H2,43,50). The number of amides is 1. The molecule has 2 saturated heterocycles. The van der Waals surface area contributed by atoms with Crippen molar-refractivity contribution in [2.45, 2.75) is 62.8 Å². The number of ether oxygens (including phenoxy) is 1. The van der Waals surface area contributed by atoms with Crippen molar-refractivity contribution in [2.75, 3.05) is 49.1 Å². The topological polar surface area (TPSA) is 128 Å². The van der Waals surface area contributed by atoms with Crippen molar-refractivity contribution in [1.82, 2.24) is 15.2 Å². The summed E-state index contributed by atoms with van der Waals surface area (Å²) in [6.45, 7) is 5.48. The lowest BCUT2D eigenvalue weighted by atomic mass is 9.77. The summed E-state index contributed by atoms with van der Waals surface area (Å²) in [5, 5.41) is 14.2. The quantitative estimate of drug-likeness (QED) is 0.247. The summed E-state index contributed by atoms with van der Waals surface area (Å²) in [6.07, 6.45) is 7.98. The van der Waals surface area contributed by atoms with Gasteiger partial charge in [-0.15, -0.1) is 0 Å². The molecule has 1 aromatic heterocycles. The van der Waals surface area contributed by atoms with Crippen LogP contribution >= 0.6 is 0 Å². The molecule has 8 rings (SSSR count). The molecule has 0 spiro atoms. The summed E-state index contributed by atoms with van der Waals surface area (Å²) >= 11 is 0. The van der Waals surface area contributed by atoms with E-state index >= 15 is 0 Å². The van der Waals surface area contributed by atoms with Crippen LogP contribution in [0.4, 0.5) is 11.4 Å². The minimum Gasteiger partial charge on any atom is -0.488 e. The summed E-state index contributed by atoms with van der Waals surface area (Å²) in [5.41, 5.74) is 12.5. The van der Waals surface area contributed by atoms with Gasteiger partial charge < -0.3 is 30.4 Å². The minimum atomic E-state index is -0.426. The number of rotatable bonds is 8. The maximum absolute atomic E-state index is 12.5. The zero-order chi connectivity index (χ0) is 34.9. The van der Waals surface area contributed by atoms with Gasteiger partial charge in [-0.2, -0.15) is 5.26 Å². The molecule has 1 amide bonds. The molecule has 4 aromatic rings. The molecule has 4 unspecified atom stereocenters. The van der Waals surface area contributed by atoms with E-state index in [9.17, 15) is 14.9 Å². The van der Waals surface area contributed by atoms with Crippen LogP contribution in [0, 0.1) is 17.2 Å². The Hall–Kier alpha value is -4.98. The van der Waals surface area contributed by atoms with Crippen LogP contribution in [0.25, 0.3) is 10.9 Å². The van der Waals surface area contributed by atoms with E-state index in [1.165, 1.54) is 11.3 Å². The number of anilines is 2. The second-order valence-corrected chi connectivity index (χ2v) is 14.5. The van der Waals surface area contributed by atoms with Gasteiger partial charge in [0.25, 0.3) is 0 Å². The van der Waals surface area contributed by atoms with Crippen molar-refractivity contribution >= 4 is 34.5 Å². The zero-order valence-corrected chi connectivity index (χ0v) is 28.9. The van der Waals surface area contributed by atoms with Gasteiger partial charge >= 0.3 is 0 Å². The van der Waals surface area contributed by atoms with Gasteiger partial charge in [0.2, 0.25) is 5.91 Å². The van der Waals surface area contributed by atoms with E-state index in [4.69, 9.17) is 10.5 Å². The molecule has 3 aliphatic heterocycles. The number of piperazine rings is 1. The number of aldehydes is 1. The fourth-order valence-electron chi connectivity index (χ4n) is 9.01. The highest BCUT2D eigenvalue weighted by Gasteiger charge is 2.45. The Balaban J connectivity index is 1.20. The third-order valence-corrected chi connectivity index (χ3v) is 11.6. The molecule has 0 bridgehead atoms. The number of nitrogens with zero attached hydrogens (tertiary/aromatic N) is 5. The average Bonchev–Trinajstić information content (AvgIpc) is 3.58. The van der Waals surface area contributed by atoms with Crippen molar-refractivity contribution in [3.8, 4) is 11.8 Å². The number of hydrogen-bond donors (Lipinski definition) is 2. The molecule has 1 saturated carbocycles. The highest BCUT2D eigenvalue weighted by molar-refractivity contribution is 5.93. The molecular weight excluding hydrogens is 638 g/mol. The van der Waals surface area contributed by atoms with Gasteiger partial charge in [-0.1, -0.05) is 18.2 Å². The van der Waals surface area contributed by atoms with Gasteiger partial charge in [0, 0.05) is 80.1 Å². The monoisotopic (exact) mass is 683 g/mol. The van der Waals surface area contributed by atoms with E-state index in [0.29, 0.717) is 16.6 Å². The number of carbonyl (C=O) groups is 2. The smallest absolute Gasteiger partial charge is 0.248 e. The highest BCUT2D eigenvalue weighted by Crippen LogP contribution is 2.46. The lowest BCUT2D eigenvalue weighted by Gasteiger charge is -2.48. The Morgan fingerprint density at radius 3 is 2.57 bits per heavy atom. The molecule has 4 heterocycles. The summed E-state index contributed by atoms with van der Waals surface area (Å²) in [5.74, 6) is 0.566. The average molecular weight is 684 g/mol. The Kier molecular flexibility index (Phi) is 9.32.